The third-order valence-corrected chi connectivity index (χ3v) is 3.24. The Morgan fingerprint density at radius 2 is 1.90 bits per heavy atom. The maximum atomic E-state index is 13.6. The minimum atomic E-state index is -0.370. The number of hydrogen-bond acceptors (Lipinski definition) is 3. The Bertz CT molecular complexity index is 626. The quantitative estimate of drug-likeness (QED) is 0.835. The zero-order chi connectivity index (χ0) is 14.7. The highest BCUT2D eigenvalue weighted by Crippen LogP contribution is 2.25. The van der Waals surface area contributed by atoms with Crippen LogP contribution in [0.2, 0.25) is 0 Å². The predicted molar refractivity (Wildman–Crippen MR) is 77.9 cm³/mol. The fourth-order valence-electron chi connectivity index (χ4n) is 2.01. The van der Waals surface area contributed by atoms with Gasteiger partial charge in [-0.15, -0.1) is 0 Å². The van der Waals surface area contributed by atoms with E-state index in [4.69, 9.17) is 4.74 Å². The number of halogens is 1. The van der Waals surface area contributed by atoms with E-state index in [0.717, 1.165) is 22.4 Å². The van der Waals surface area contributed by atoms with Crippen LogP contribution in [0.3, 0.4) is 0 Å². The maximum Gasteiger partial charge on any atom is 0.165 e. The van der Waals surface area contributed by atoms with E-state index in [0.29, 0.717) is 6.54 Å². The van der Waals surface area contributed by atoms with Crippen molar-refractivity contribution < 1.29 is 14.2 Å². The number of nitrogens with one attached hydrogen (secondary N) is 1. The molecule has 0 aliphatic carbocycles. The molecule has 3 nitrogen and oxygen atoms in total. The molecule has 0 aliphatic rings. The Morgan fingerprint density at radius 1 is 1.15 bits per heavy atom. The standard InChI is InChI=1S/C16H18FNO2/c1-10-7-15(19)11(2)6-14(10)18-9-12-4-5-16(20-3)13(17)8-12/h4-8,18-19H,9H2,1-3H3. The van der Waals surface area contributed by atoms with Gasteiger partial charge in [-0.1, -0.05) is 6.07 Å². The van der Waals surface area contributed by atoms with E-state index in [2.05, 4.69) is 5.32 Å². The fourth-order valence-corrected chi connectivity index (χ4v) is 2.01. The second kappa shape index (κ2) is 5.82. The summed E-state index contributed by atoms with van der Waals surface area (Å²) in [5, 5.41) is 12.9. The Morgan fingerprint density at radius 3 is 2.55 bits per heavy atom. The molecule has 0 saturated carbocycles. The summed E-state index contributed by atoms with van der Waals surface area (Å²) in [7, 11) is 1.44. The van der Waals surface area contributed by atoms with E-state index >= 15 is 0 Å². The number of aromatic hydroxyl groups is 1. The molecular formula is C16H18FNO2. The van der Waals surface area contributed by atoms with Crippen molar-refractivity contribution in [3.05, 3.63) is 52.8 Å². The Labute approximate surface area is 118 Å². The first-order chi connectivity index (χ1) is 9.51. The second-order valence-corrected chi connectivity index (χ2v) is 4.78. The fraction of sp³-hybridized carbons (Fsp3) is 0.250. The summed E-state index contributed by atoms with van der Waals surface area (Å²) in [6, 6.07) is 8.48. The van der Waals surface area contributed by atoms with Gasteiger partial charge in [0.1, 0.15) is 5.75 Å². The molecule has 0 heterocycles. The largest absolute Gasteiger partial charge is 0.508 e. The van der Waals surface area contributed by atoms with Crippen molar-refractivity contribution in [2.24, 2.45) is 0 Å². The molecule has 0 atom stereocenters. The molecule has 0 saturated heterocycles. The minimum absolute atomic E-state index is 0.241. The number of phenols is 1. The molecule has 0 amide bonds. The van der Waals surface area contributed by atoms with Gasteiger partial charge in [-0.3, -0.25) is 0 Å². The first-order valence-corrected chi connectivity index (χ1v) is 6.37. The van der Waals surface area contributed by atoms with Crippen molar-refractivity contribution in [2.75, 3.05) is 12.4 Å². The molecule has 2 N–H and O–H groups in total. The van der Waals surface area contributed by atoms with E-state index < -0.39 is 0 Å². The summed E-state index contributed by atoms with van der Waals surface area (Å²) >= 11 is 0. The molecule has 0 aromatic heterocycles. The van der Waals surface area contributed by atoms with Crippen LogP contribution >= 0.6 is 0 Å². The van der Waals surface area contributed by atoms with Crippen molar-refractivity contribution >= 4 is 5.69 Å². The number of aryl methyl sites for hydroxylation is 2. The highest BCUT2D eigenvalue weighted by atomic mass is 19.1. The number of rotatable bonds is 4. The van der Waals surface area contributed by atoms with Gasteiger partial charge in [0.25, 0.3) is 0 Å². The topological polar surface area (TPSA) is 41.5 Å². The van der Waals surface area contributed by atoms with Gasteiger partial charge in [0, 0.05) is 12.2 Å². The zero-order valence-corrected chi connectivity index (χ0v) is 11.8. The lowest BCUT2D eigenvalue weighted by atomic mass is 10.1. The summed E-state index contributed by atoms with van der Waals surface area (Å²) in [6.07, 6.45) is 0. The minimum Gasteiger partial charge on any atom is -0.508 e. The molecule has 0 spiro atoms. The van der Waals surface area contributed by atoms with Crippen LogP contribution < -0.4 is 10.1 Å². The Hall–Kier alpha value is -2.23. The predicted octanol–water partition coefficient (Wildman–Crippen LogP) is 3.77. The van der Waals surface area contributed by atoms with Crippen molar-refractivity contribution in [1.29, 1.82) is 0 Å². The lowest BCUT2D eigenvalue weighted by Gasteiger charge is -2.12. The van der Waals surface area contributed by atoms with Gasteiger partial charge < -0.3 is 15.2 Å². The zero-order valence-electron chi connectivity index (χ0n) is 11.8. The normalized spacial score (nSPS) is 10.4. The number of anilines is 1. The van der Waals surface area contributed by atoms with Gasteiger partial charge >= 0.3 is 0 Å². The number of methoxy groups -OCH3 is 1. The van der Waals surface area contributed by atoms with Crippen LogP contribution in [0.15, 0.2) is 30.3 Å². The molecule has 4 heteroatoms. The van der Waals surface area contributed by atoms with Crippen molar-refractivity contribution in [1.82, 2.24) is 0 Å². The third-order valence-electron chi connectivity index (χ3n) is 3.24. The molecule has 0 fully saturated rings. The van der Waals surface area contributed by atoms with E-state index in [-0.39, 0.29) is 17.3 Å². The van der Waals surface area contributed by atoms with Crippen molar-refractivity contribution in [3.63, 3.8) is 0 Å². The lowest BCUT2D eigenvalue weighted by molar-refractivity contribution is 0.386. The lowest BCUT2D eigenvalue weighted by Crippen LogP contribution is -2.02. The number of hydrogen-bond donors (Lipinski definition) is 2. The molecule has 2 rings (SSSR count). The highest BCUT2D eigenvalue weighted by Gasteiger charge is 2.06. The summed E-state index contributed by atoms with van der Waals surface area (Å²) < 4.78 is 18.5. The van der Waals surface area contributed by atoms with Crippen LogP contribution in [0.25, 0.3) is 0 Å². The van der Waals surface area contributed by atoms with Gasteiger partial charge in [0.2, 0.25) is 0 Å². The van der Waals surface area contributed by atoms with Crippen LogP contribution in [-0.2, 0) is 6.54 Å². The van der Waals surface area contributed by atoms with Crippen molar-refractivity contribution in [2.45, 2.75) is 20.4 Å². The first-order valence-electron chi connectivity index (χ1n) is 6.37. The molecule has 20 heavy (non-hydrogen) atoms. The second-order valence-electron chi connectivity index (χ2n) is 4.78. The molecule has 0 aliphatic heterocycles. The Kier molecular flexibility index (Phi) is 4.13. The van der Waals surface area contributed by atoms with Crippen LogP contribution in [0, 0.1) is 19.7 Å². The Balaban J connectivity index is 2.13. The summed E-state index contributed by atoms with van der Waals surface area (Å²) in [5.74, 6) is 0.152. The number of ether oxygens (including phenoxy) is 1. The average Bonchev–Trinajstić information content (AvgIpc) is 2.41. The van der Waals surface area contributed by atoms with Gasteiger partial charge in [-0.25, -0.2) is 4.39 Å². The molecule has 0 unspecified atom stereocenters. The van der Waals surface area contributed by atoms with Gasteiger partial charge in [0.15, 0.2) is 11.6 Å². The van der Waals surface area contributed by atoms with Gasteiger partial charge in [-0.05, 0) is 54.8 Å². The summed E-state index contributed by atoms with van der Waals surface area (Å²) in [6.45, 7) is 4.26. The molecule has 0 radical (unpaired) electrons. The molecule has 106 valence electrons. The average molecular weight is 275 g/mol. The van der Waals surface area contributed by atoms with Crippen molar-refractivity contribution in [3.8, 4) is 11.5 Å². The van der Waals surface area contributed by atoms with Gasteiger partial charge in [0.05, 0.1) is 7.11 Å². The van der Waals surface area contributed by atoms with Crippen LogP contribution in [-0.4, -0.2) is 12.2 Å². The van der Waals surface area contributed by atoms with Crippen LogP contribution in [0.4, 0.5) is 10.1 Å². The first kappa shape index (κ1) is 14.2. The van der Waals surface area contributed by atoms with Gasteiger partial charge in [-0.2, -0.15) is 0 Å². The van der Waals surface area contributed by atoms with E-state index in [1.54, 1.807) is 12.1 Å². The van der Waals surface area contributed by atoms with E-state index in [1.807, 2.05) is 26.0 Å². The molecule has 2 aromatic rings. The monoisotopic (exact) mass is 275 g/mol. The highest BCUT2D eigenvalue weighted by molar-refractivity contribution is 5.56. The molecular weight excluding hydrogens is 257 g/mol. The van der Waals surface area contributed by atoms with Crippen LogP contribution in [0.1, 0.15) is 16.7 Å². The molecule has 0 bridgehead atoms. The summed E-state index contributed by atoms with van der Waals surface area (Å²) in [5.41, 5.74) is 3.51. The number of benzene rings is 2. The number of phenolic OH excluding ortho intramolecular Hbond substituents is 1. The molecule has 2 aromatic carbocycles. The van der Waals surface area contributed by atoms with E-state index in [1.165, 1.54) is 13.2 Å². The van der Waals surface area contributed by atoms with Crippen LogP contribution in [0.5, 0.6) is 11.5 Å². The maximum absolute atomic E-state index is 13.6. The SMILES string of the molecule is COc1ccc(CNc2cc(C)c(O)cc2C)cc1F. The van der Waals surface area contributed by atoms with E-state index in [9.17, 15) is 9.50 Å². The smallest absolute Gasteiger partial charge is 0.165 e. The summed E-state index contributed by atoms with van der Waals surface area (Å²) in [4.78, 5) is 0. The third kappa shape index (κ3) is 3.02.